The van der Waals surface area contributed by atoms with Gasteiger partial charge in [-0.25, -0.2) is 9.48 Å². The number of aryl methyl sites for hydroxylation is 2. The number of carbonyl (C=O) groups is 1. The summed E-state index contributed by atoms with van der Waals surface area (Å²) in [5.74, 6) is 0.282. The van der Waals surface area contributed by atoms with E-state index < -0.39 is 0 Å². The quantitative estimate of drug-likeness (QED) is 0.640. The van der Waals surface area contributed by atoms with Crippen LogP contribution in [0, 0.1) is 6.92 Å². The number of carbonyl (C=O) groups excluding carboxylic acids is 1. The van der Waals surface area contributed by atoms with E-state index in [-0.39, 0.29) is 5.97 Å². The second-order valence-corrected chi connectivity index (χ2v) is 5.45. The molecule has 0 radical (unpaired) electrons. The lowest BCUT2D eigenvalue weighted by Gasteiger charge is -2.08. The third-order valence-electron chi connectivity index (χ3n) is 3.90. The average Bonchev–Trinajstić information content (AvgIpc) is 3.22. The first-order chi connectivity index (χ1) is 10.1. The Hall–Kier alpha value is -2.17. The first kappa shape index (κ1) is 13.8. The van der Waals surface area contributed by atoms with Crippen LogP contribution < -0.4 is 0 Å². The molecule has 0 amide bonds. The number of ether oxygens (including phenoxy) is 1. The highest BCUT2D eigenvalue weighted by molar-refractivity contribution is 5.91. The van der Waals surface area contributed by atoms with E-state index in [0.717, 1.165) is 22.2 Å². The summed E-state index contributed by atoms with van der Waals surface area (Å²) in [7, 11) is 1.93. The molecule has 1 heterocycles. The molecule has 0 atom stereocenters. The fourth-order valence-electron chi connectivity index (χ4n) is 2.64. The van der Waals surface area contributed by atoms with Crippen molar-refractivity contribution in [1.29, 1.82) is 0 Å². The van der Waals surface area contributed by atoms with Crippen LogP contribution in [0.5, 0.6) is 0 Å². The van der Waals surface area contributed by atoms with E-state index in [1.165, 1.54) is 24.5 Å². The van der Waals surface area contributed by atoms with Gasteiger partial charge >= 0.3 is 5.97 Å². The summed E-state index contributed by atoms with van der Waals surface area (Å²) in [5.41, 5.74) is 5.38. The highest BCUT2D eigenvalue weighted by Crippen LogP contribution is 2.44. The number of hydrogen-bond acceptors (Lipinski definition) is 4. The van der Waals surface area contributed by atoms with Crippen LogP contribution in [0.15, 0.2) is 12.1 Å². The van der Waals surface area contributed by atoms with Crippen LogP contribution in [0.25, 0.3) is 17.1 Å². The molecule has 0 aliphatic heterocycles. The zero-order valence-corrected chi connectivity index (χ0v) is 12.6. The van der Waals surface area contributed by atoms with Crippen molar-refractivity contribution in [2.24, 2.45) is 7.05 Å². The molecular weight excluding hydrogens is 266 g/mol. The Morgan fingerprint density at radius 2 is 2.29 bits per heavy atom. The summed E-state index contributed by atoms with van der Waals surface area (Å²) in [6, 6.07) is 2.16. The molecule has 1 aliphatic rings. The number of esters is 1. The van der Waals surface area contributed by atoms with Crippen LogP contribution in [-0.4, -0.2) is 27.6 Å². The zero-order chi connectivity index (χ0) is 15.0. The summed E-state index contributed by atoms with van der Waals surface area (Å²) in [6.07, 6.45) is 5.72. The van der Waals surface area contributed by atoms with Crippen molar-refractivity contribution in [2.45, 2.75) is 32.6 Å². The van der Waals surface area contributed by atoms with Crippen molar-refractivity contribution in [2.75, 3.05) is 6.61 Å². The van der Waals surface area contributed by atoms with Crippen LogP contribution >= 0.6 is 0 Å². The third kappa shape index (κ3) is 2.55. The van der Waals surface area contributed by atoms with Crippen molar-refractivity contribution in [1.82, 2.24) is 15.0 Å². The fourth-order valence-corrected chi connectivity index (χ4v) is 2.64. The number of aromatic nitrogens is 3. The molecule has 21 heavy (non-hydrogen) atoms. The average molecular weight is 285 g/mol. The van der Waals surface area contributed by atoms with Gasteiger partial charge in [0.25, 0.3) is 0 Å². The van der Waals surface area contributed by atoms with E-state index in [2.05, 4.69) is 16.4 Å². The van der Waals surface area contributed by atoms with E-state index in [4.69, 9.17) is 4.74 Å². The monoisotopic (exact) mass is 285 g/mol. The molecule has 3 rings (SSSR count). The summed E-state index contributed by atoms with van der Waals surface area (Å²) >= 11 is 0. The zero-order valence-electron chi connectivity index (χ0n) is 12.6. The molecule has 5 nitrogen and oxygen atoms in total. The minimum absolute atomic E-state index is 0.316. The topological polar surface area (TPSA) is 57.0 Å². The number of rotatable bonds is 4. The van der Waals surface area contributed by atoms with Gasteiger partial charge in [-0.05, 0) is 61.4 Å². The van der Waals surface area contributed by atoms with Gasteiger partial charge < -0.3 is 4.74 Å². The van der Waals surface area contributed by atoms with E-state index in [1.807, 2.05) is 24.7 Å². The number of nitrogens with zero attached hydrogens (tertiary/aromatic N) is 3. The SMILES string of the molecule is CCOC(=O)/C=C/c1cc(C2CC2)c2c(nnn2C)c1C. The van der Waals surface area contributed by atoms with Gasteiger partial charge in [0, 0.05) is 13.1 Å². The fraction of sp³-hybridized carbons (Fsp3) is 0.438. The Morgan fingerprint density at radius 1 is 1.52 bits per heavy atom. The maximum Gasteiger partial charge on any atom is 0.330 e. The van der Waals surface area contributed by atoms with Gasteiger partial charge in [0.05, 0.1) is 12.1 Å². The largest absolute Gasteiger partial charge is 0.463 e. The van der Waals surface area contributed by atoms with Crippen molar-refractivity contribution in [3.05, 3.63) is 28.8 Å². The van der Waals surface area contributed by atoms with Gasteiger partial charge in [0.1, 0.15) is 5.52 Å². The van der Waals surface area contributed by atoms with E-state index >= 15 is 0 Å². The van der Waals surface area contributed by atoms with Crippen molar-refractivity contribution in [3.63, 3.8) is 0 Å². The molecular formula is C16H19N3O2. The smallest absolute Gasteiger partial charge is 0.330 e. The Bertz CT molecular complexity index is 727. The number of benzene rings is 1. The second-order valence-electron chi connectivity index (χ2n) is 5.45. The molecule has 1 aromatic heterocycles. The molecule has 0 bridgehead atoms. The molecule has 0 unspecified atom stereocenters. The summed E-state index contributed by atoms with van der Waals surface area (Å²) in [4.78, 5) is 11.5. The third-order valence-corrected chi connectivity index (χ3v) is 3.90. The molecule has 0 N–H and O–H groups in total. The van der Waals surface area contributed by atoms with E-state index in [0.29, 0.717) is 12.5 Å². The van der Waals surface area contributed by atoms with Crippen LogP contribution in [0.3, 0.4) is 0 Å². The van der Waals surface area contributed by atoms with Crippen LogP contribution in [0.2, 0.25) is 0 Å². The molecule has 1 fully saturated rings. The normalized spacial score (nSPS) is 15.0. The maximum absolute atomic E-state index is 11.5. The predicted molar refractivity (Wildman–Crippen MR) is 80.9 cm³/mol. The van der Waals surface area contributed by atoms with E-state index in [1.54, 1.807) is 6.92 Å². The standard InChI is InChI=1S/C16H19N3O2/c1-4-21-14(20)8-7-12-9-13(11-5-6-11)16-15(10(12)2)17-18-19(16)3/h7-9,11H,4-6H2,1-3H3/b8-7+. The Kier molecular flexibility index (Phi) is 3.49. The van der Waals surface area contributed by atoms with Crippen molar-refractivity contribution in [3.8, 4) is 0 Å². The summed E-state index contributed by atoms with van der Waals surface area (Å²) in [5, 5.41) is 8.42. The van der Waals surface area contributed by atoms with Gasteiger partial charge in [0.15, 0.2) is 0 Å². The van der Waals surface area contributed by atoms with Gasteiger partial charge in [-0.1, -0.05) is 5.21 Å². The molecule has 110 valence electrons. The molecule has 1 saturated carbocycles. The molecule has 1 aromatic carbocycles. The molecule has 0 spiro atoms. The van der Waals surface area contributed by atoms with Crippen LogP contribution in [0.1, 0.15) is 42.4 Å². The lowest BCUT2D eigenvalue weighted by Crippen LogP contribution is -1.99. The van der Waals surface area contributed by atoms with Gasteiger partial charge in [-0.3, -0.25) is 0 Å². The van der Waals surface area contributed by atoms with Gasteiger partial charge in [0.2, 0.25) is 0 Å². The lowest BCUT2D eigenvalue weighted by atomic mass is 9.99. The van der Waals surface area contributed by atoms with Crippen molar-refractivity contribution >= 4 is 23.1 Å². The Labute approximate surface area is 123 Å². The van der Waals surface area contributed by atoms with E-state index in [9.17, 15) is 4.79 Å². The van der Waals surface area contributed by atoms with Crippen LogP contribution in [0.4, 0.5) is 0 Å². The minimum atomic E-state index is -0.316. The molecule has 1 aliphatic carbocycles. The van der Waals surface area contributed by atoms with Gasteiger partial charge in [-0.2, -0.15) is 0 Å². The van der Waals surface area contributed by atoms with Crippen molar-refractivity contribution < 1.29 is 9.53 Å². The minimum Gasteiger partial charge on any atom is -0.463 e. The highest BCUT2D eigenvalue weighted by atomic mass is 16.5. The second kappa shape index (κ2) is 5.31. The molecule has 5 heteroatoms. The summed E-state index contributed by atoms with van der Waals surface area (Å²) in [6.45, 7) is 4.20. The number of fused-ring (bicyclic) bond motifs is 1. The van der Waals surface area contributed by atoms with Gasteiger partial charge in [-0.15, -0.1) is 5.10 Å². The Balaban J connectivity index is 2.07. The molecule has 2 aromatic rings. The highest BCUT2D eigenvalue weighted by Gasteiger charge is 2.28. The first-order valence-corrected chi connectivity index (χ1v) is 7.29. The lowest BCUT2D eigenvalue weighted by molar-refractivity contribution is -0.137. The Morgan fingerprint density at radius 3 is 2.95 bits per heavy atom. The first-order valence-electron chi connectivity index (χ1n) is 7.29. The number of hydrogen-bond donors (Lipinski definition) is 0. The predicted octanol–water partition coefficient (Wildman–Crippen LogP) is 2.73. The molecule has 0 saturated heterocycles. The maximum atomic E-state index is 11.5. The summed E-state index contributed by atoms with van der Waals surface area (Å²) < 4.78 is 6.77. The van der Waals surface area contributed by atoms with Crippen LogP contribution in [-0.2, 0) is 16.6 Å².